The predicted molar refractivity (Wildman–Crippen MR) is 146 cm³/mol. The molecule has 3 heterocycles. The smallest absolute Gasteiger partial charge is 0.251 e. The van der Waals surface area contributed by atoms with Gasteiger partial charge in [0.2, 0.25) is 11.7 Å². The number of hydrogen-bond acceptors (Lipinski definition) is 7. The van der Waals surface area contributed by atoms with Crippen LogP contribution in [0, 0.1) is 6.92 Å². The molecule has 10 nitrogen and oxygen atoms in total. The molecule has 202 valence electrons. The highest BCUT2D eigenvalue weighted by atomic mass is 16.3. The second-order valence-electron chi connectivity index (χ2n) is 10.2. The summed E-state index contributed by atoms with van der Waals surface area (Å²) in [7, 11) is 0. The number of pyridine rings is 1. The van der Waals surface area contributed by atoms with Crippen molar-refractivity contribution in [2.45, 2.75) is 71.0 Å². The Morgan fingerprint density at radius 2 is 1.74 bits per heavy atom. The van der Waals surface area contributed by atoms with Crippen LogP contribution in [0.3, 0.4) is 0 Å². The minimum atomic E-state index is -0.901. The first-order chi connectivity index (χ1) is 18.9. The van der Waals surface area contributed by atoms with E-state index in [0.717, 1.165) is 37.0 Å². The fraction of sp³-hybridized carbons (Fsp3) is 0.379. The maximum absolute atomic E-state index is 14.0. The van der Waals surface area contributed by atoms with Crippen LogP contribution in [0.5, 0.6) is 0 Å². The maximum atomic E-state index is 14.0. The Labute approximate surface area is 227 Å². The van der Waals surface area contributed by atoms with E-state index < -0.39 is 6.04 Å². The highest BCUT2D eigenvalue weighted by Crippen LogP contribution is 2.30. The van der Waals surface area contributed by atoms with Crippen molar-refractivity contribution in [3.05, 3.63) is 77.8 Å². The molecule has 0 spiro atoms. The number of furan rings is 1. The zero-order valence-corrected chi connectivity index (χ0v) is 22.4. The summed E-state index contributed by atoms with van der Waals surface area (Å²) in [5.41, 5.74) is 2.41. The normalized spacial score (nSPS) is 14.5. The van der Waals surface area contributed by atoms with Gasteiger partial charge in [0.15, 0.2) is 5.76 Å². The van der Waals surface area contributed by atoms with Gasteiger partial charge in [0.25, 0.3) is 5.91 Å². The fourth-order valence-corrected chi connectivity index (χ4v) is 4.93. The lowest BCUT2D eigenvalue weighted by molar-refractivity contribution is -0.127. The first kappa shape index (κ1) is 26.3. The van der Waals surface area contributed by atoms with Gasteiger partial charge in [0.05, 0.1) is 0 Å². The third-order valence-corrected chi connectivity index (χ3v) is 7.03. The highest BCUT2D eigenvalue weighted by molar-refractivity contribution is 6.01. The van der Waals surface area contributed by atoms with Crippen LogP contribution < -0.4 is 10.2 Å². The van der Waals surface area contributed by atoms with Gasteiger partial charge in [-0.15, -0.1) is 10.2 Å². The van der Waals surface area contributed by atoms with Crippen LogP contribution in [-0.4, -0.2) is 43.0 Å². The van der Waals surface area contributed by atoms with Crippen molar-refractivity contribution in [1.82, 2.24) is 30.5 Å². The number of carbonyl (C=O) groups excluding carboxylic acids is 2. The van der Waals surface area contributed by atoms with Crippen LogP contribution in [0.1, 0.15) is 68.4 Å². The number of nitrogens with one attached hydrogen (secondary N) is 1. The van der Waals surface area contributed by atoms with Crippen LogP contribution in [0.15, 0.2) is 65.3 Å². The van der Waals surface area contributed by atoms with E-state index in [1.54, 1.807) is 30.6 Å². The molecule has 1 N–H and O–H groups in total. The fourth-order valence-electron chi connectivity index (χ4n) is 4.93. The van der Waals surface area contributed by atoms with Crippen molar-refractivity contribution >= 4 is 17.5 Å². The molecule has 0 unspecified atom stereocenters. The molecule has 4 aromatic rings. The molecule has 1 saturated carbocycles. The molecule has 0 saturated heterocycles. The first-order valence-electron chi connectivity index (χ1n) is 13.4. The van der Waals surface area contributed by atoms with Crippen molar-refractivity contribution in [2.24, 2.45) is 0 Å². The van der Waals surface area contributed by atoms with E-state index in [-0.39, 0.29) is 30.2 Å². The minimum absolute atomic E-state index is 0.0957. The van der Waals surface area contributed by atoms with E-state index in [2.05, 4.69) is 39.6 Å². The van der Waals surface area contributed by atoms with Gasteiger partial charge in [-0.25, -0.2) is 0 Å². The second-order valence-corrected chi connectivity index (χ2v) is 10.2. The molecule has 10 heteroatoms. The summed E-state index contributed by atoms with van der Waals surface area (Å²) in [6, 6.07) is 14.1. The summed E-state index contributed by atoms with van der Waals surface area (Å²) in [6.45, 7) is 5.84. The third-order valence-electron chi connectivity index (χ3n) is 7.03. The number of aryl methyl sites for hydroxylation is 1. The molecule has 0 bridgehead atoms. The van der Waals surface area contributed by atoms with E-state index in [4.69, 9.17) is 4.42 Å². The van der Waals surface area contributed by atoms with Crippen molar-refractivity contribution in [3.63, 3.8) is 0 Å². The number of carbonyl (C=O) groups is 2. The summed E-state index contributed by atoms with van der Waals surface area (Å²) >= 11 is 0. The molecule has 3 aromatic heterocycles. The number of nitrogens with zero attached hydrogens (tertiary/aromatic N) is 6. The quantitative estimate of drug-likeness (QED) is 0.338. The van der Waals surface area contributed by atoms with Gasteiger partial charge in [0.1, 0.15) is 18.3 Å². The van der Waals surface area contributed by atoms with E-state index in [0.29, 0.717) is 22.9 Å². The molecular formula is C29H33N7O3. The molecule has 0 aliphatic heterocycles. The van der Waals surface area contributed by atoms with Crippen LogP contribution in [0.25, 0.3) is 11.6 Å². The predicted octanol–water partition coefficient (Wildman–Crippen LogP) is 4.59. The number of aromatic nitrogens is 5. The number of anilines is 1. The van der Waals surface area contributed by atoms with Crippen molar-refractivity contribution in [1.29, 1.82) is 0 Å². The first-order valence-corrected chi connectivity index (χ1v) is 13.4. The number of rotatable bonds is 9. The molecule has 1 fully saturated rings. The molecular weight excluding hydrogens is 494 g/mol. The number of benzene rings is 1. The van der Waals surface area contributed by atoms with Crippen LogP contribution in [0.2, 0.25) is 0 Å². The maximum Gasteiger partial charge on any atom is 0.251 e. The van der Waals surface area contributed by atoms with Crippen LogP contribution in [-0.2, 0) is 16.1 Å². The van der Waals surface area contributed by atoms with E-state index in [1.165, 1.54) is 9.70 Å². The number of amides is 2. The number of hydrogen-bond donors (Lipinski definition) is 1. The Hall–Kier alpha value is -4.34. The Kier molecular flexibility index (Phi) is 7.81. The van der Waals surface area contributed by atoms with E-state index >= 15 is 0 Å². The lowest BCUT2D eigenvalue weighted by Gasteiger charge is -2.32. The Balaban J connectivity index is 1.50. The Morgan fingerprint density at radius 3 is 2.38 bits per heavy atom. The second kappa shape index (κ2) is 11.6. The summed E-state index contributed by atoms with van der Waals surface area (Å²) in [5, 5.41) is 15.7. The van der Waals surface area contributed by atoms with Gasteiger partial charge in [-0.2, -0.15) is 4.80 Å². The molecule has 1 aliphatic rings. The third kappa shape index (κ3) is 6.05. The molecule has 39 heavy (non-hydrogen) atoms. The molecule has 5 rings (SSSR count). The highest BCUT2D eigenvalue weighted by Gasteiger charge is 2.35. The standard InChI is InChI=1S/C29H33N7O3/c1-19(2)21-9-11-24(12-10-21)36(26(37)18-35-33-28(32-34-35)25-13-8-20(3)39-25)27(22-14-16-30-17-15-22)29(38)31-23-6-4-5-7-23/h8-17,19,23,27H,4-7,18H2,1-3H3,(H,31,38)/t27-/m0/s1. The monoisotopic (exact) mass is 527 g/mol. The van der Waals surface area contributed by atoms with Crippen molar-refractivity contribution in [2.75, 3.05) is 4.90 Å². The zero-order valence-electron chi connectivity index (χ0n) is 22.4. The topological polar surface area (TPSA) is 119 Å². The Morgan fingerprint density at radius 1 is 1.03 bits per heavy atom. The molecule has 0 radical (unpaired) electrons. The van der Waals surface area contributed by atoms with Gasteiger partial charge < -0.3 is 9.73 Å². The molecule has 1 atom stereocenters. The van der Waals surface area contributed by atoms with Gasteiger partial charge in [-0.05, 0) is 78.4 Å². The van der Waals surface area contributed by atoms with Gasteiger partial charge in [0, 0.05) is 24.1 Å². The van der Waals surface area contributed by atoms with Crippen LogP contribution >= 0.6 is 0 Å². The van der Waals surface area contributed by atoms with Gasteiger partial charge in [-0.1, -0.05) is 38.8 Å². The number of tetrazole rings is 1. The average Bonchev–Trinajstić information content (AvgIpc) is 3.70. The Bertz CT molecular complexity index is 1410. The zero-order chi connectivity index (χ0) is 27.4. The lowest BCUT2D eigenvalue weighted by Crippen LogP contribution is -2.47. The average molecular weight is 528 g/mol. The van der Waals surface area contributed by atoms with E-state index in [9.17, 15) is 9.59 Å². The minimum Gasteiger partial charge on any atom is -0.458 e. The summed E-state index contributed by atoms with van der Waals surface area (Å²) in [5.74, 6) is 1.23. The van der Waals surface area contributed by atoms with Crippen molar-refractivity contribution in [3.8, 4) is 11.6 Å². The van der Waals surface area contributed by atoms with Crippen molar-refractivity contribution < 1.29 is 14.0 Å². The van der Waals surface area contributed by atoms with Gasteiger partial charge >= 0.3 is 0 Å². The van der Waals surface area contributed by atoms with E-state index in [1.807, 2.05) is 37.3 Å². The van der Waals surface area contributed by atoms with Gasteiger partial charge in [-0.3, -0.25) is 19.5 Å². The molecule has 1 aromatic carbocycles. The molecule has 2 amide bonds. The lowest BCUT2D eigenvalue weighted by atomic mass is 10.0. The summed E-state index contributed by atoms with van der Waals surface area (Å²) < 4.78 is 5.59. The summed E-state index contributed by atoms with van der Waals surface area (Å²) in [4.78, 5) is 34.7. The summed E-state index contributed by atoms with van der Waals surface area (Å²) in [6.07, 6.45) is 7.30. The largest absolute Gasteiger partial charge is 0.458 e. The molecule has 1 aliphatic carbocycles. The van der Waals surface area contributed by atoms with Crippen LogP contribution in [0.4, 0.5) is 5.69 Å². The SMILES string of the molecule is Cc1ccc(-c2nnn(CC(=O)N(c3ccc(C(C)C)cc3)[C@H](C(=O)NC3CCCC3)c3ccncc3)n2)o1.